The maximum Gasteiger partial charge on any atom is 0.123 e. The quantitative estimate of drug-likeness (QED) is 0.781. The second-order valence-electron chi connectivity index (χ2n) is 6.42. The summed E-state index contributed by atoms with van der Waals surface area (Å²) in [5, 5.41) is 3.59. The van der Waals surface area contributed by atoms with E-state index in [1.807, 2.05) is 0 Å². The highest BCUT2D eigenvalue weighted by Crippen LogP contribution is 2.30. The Bertz CT molecular complexity index is 416. The van der Waals surface area contributed by atoms with Gasteiger partial charge in [0, 0.05) is 12.1 Å². The van der Waals surface area contributed by atoms with Crippen molar-refractivity contribution in [3.63, 3.8) is 0 Å². The summed E-state index contributed by atoms with van der Waals surface area (Å²) in [6, 6.07) is 6.38. The van der Waals surface area contributed by atoms with Gasteiger partial charge in [0.25, 0.3) is 0 Å². The number of benzene rings is 1. The average Bonchev–Trinajstić information content (AvgIpc) is 2.44. The Labute approximate surface area is 123 Å². The molecule has 0 aromatic heterocycles. The van der Waals surface area contributed by atoms with Crippen LogP contribution in [-0.4, -0.2) is 13.7 Å². The molecule has 0 saturated heterocycles. The van der Waals surface area contributed by atoms with Crippen molar-refractivity contribution in [1.82, 2.24) is 5.32 Å². The molecule has 0 spiro atoms. The number of methoxy groups -OCH3 is 1. The summed E-state index contributed by atoms with van der Waals surface area (Å²) >= 11 is 0. The van der Waals surface area contributed by atoms with Crippen LogP contribution in [0.25, 0.3) is 0 Å². The topological polar surface area (TPSA) is 21.3 Å². The van der Waals surface area contributed by atoms with Gasteiger partial charge in [0.2, 0.25) is 0 Å². The van der Waals surface area contributed by atoms with Crippen LogP contribution in [0.15, 0.2) is 18.2 Å². The van der Waals surface area contributed by atoms with Gasteiger partial charge in [-0.2, -0.15) is 0 Å². The molecular formula is C18H29NO. The molecule has 112 valence electrons. The smallest absolute Gasteiger partial charge is 0.123 e. The Kier molecular flexibility index (Phi) is 5.90. The van der Waals surface area contributed by atoms with Crippen LogP contribution in [0.4, 0.5) is 0 Å². The third kappa shape index (κ3) is 4.52. The SMILES string of the molecule is COc1ccc(C)cc1CNCCC1CCCC(C)C1. The molecule has 1 aliphatic rings. The van der Waals surface area contributed by atoms with Crippen LogP contribution < -0.4 is 10.1 Å². The van der Waals surface area contributed by atoms with E-state index < -0.39 is 0 Å². The van der Waals surface area contributed by atoms with Crippen LogP contribution in [-0.2, 0) is 6.54 Å². The van der Waals surface area contributed by atoms with Crippen molar-refractivity contribution in [2.45, 2.75) is 52.5 Å². The fourth-order valence-corrected chi connectivity index (χ4v) is 3.40. The van der Waals surface area contributed by atoms with Crippen LogP contribution in [0.3, 0.4) is 0 Å². The Hall–Kier alpha value is -1.02. The van der Waals surface area contributed by atoms with E-state index in [0.29, 0.717) is 0 Å². The minimum Gasteiger partial charge on any atom is -0.496 e. The Morgan fingerprint density at radius 1 is 1.30 bits per heavy atom. The molecule has 1 aliphatic carbocycles. The normalized spacial score (nSPS) is 22.8. The molecule has 20 heavy (non-hydrogen) atoms. The summed E-state index contributed by atoms with van der Waals surface area (Å²) in [6.07, 6.45) is 7.04. The van der Waals surface area contributed by atoms with E-state index in [2.05, 4.69) is 37.4 Å². The monoisotopic (exact) mass is 275 g/mol. The van der Waals surface area contributed by atoms with Crippen LogP contribution in [0.1, 0.15) is 50.2 Å². The van der Waals surface area contributed by atoms with Crippen molar-refractivity contribution in [1.29, 1.82) is 0 Å². The van der Waals surface area contributed by atoms with Crippen LogP contribution in [0.2, 0.25) is 0 Å². The molecule has 1 aromatic carbocycles. The number of hydrogen-bond acceptors (Lipinski definition) is 2. The molecule has 0 aliphatic heterocycles. The molecule has 2 unspecified atom stereocenters. The first-order chi connectivity index (χ1) is 9.69. The number of rotatable bonds is 6. The number of nitrogens with one attached hydrogen (secondary N) is 1. The summed E-state index contributed by atoms with van der Waals surface area (Å²) in [6.45, 7) is 6.56. The minimum atomic E-state index is 0.910. The van der Waals surface area contributed by atoms with Crippen LogP contribution >= 0.6 is 0 Å². The average molecular weight is 275 g/mol. The predicted molar refractivity (Wildman–Crippen MR) is 85.2 cm³/mol. The van der Waals surface area contributed by atoms with Gasteiger partial charge >= 0.3 is 0 Å². The zero-order valence-corrected chi connectivity index (χ0v) is 13.2. The van der Waals surface area contributed by atoms with E-state index in [1.165, 1.54) is 43.2 Å². The van der Waals surface area contributed by atoms with E-state index in [-0.39, 0.29) is 0 Å². The zero-order chi connectivity index (χ0) is 14.4. The molecule has 1 aromatic rings. The van der Waals surface area contributed by atoms with Gasteiger partial charge in [0.05, 0.1) is 7.11 Å². The molecule has 0 amide bonds. The first-order valence-corrected chi connectivity index (χ1v) is 8.03. The summed E-state index contributed by atoms with van der Waals surface area (Å²) in [5.74, 6) is 2.87. The number of hydrogen-bond donors (Lipinski definition) is 1. The van der Waals surface area contributed by atoms with E-state index in [9.17, 15) is 0 Å². The second kappa shape index (κ2) is 7.68. The maximum absolute atomic E-state index is 5.42. The van der Waals surface area contributed by atoms with Crippen molar-refractivity contribution in [2.75, 3.05) is 13.7 Å². The standard InChI is InChI=1S/C18H29NO/c1-14-5-4-6-16(11-14)9-10-19-13-17-12-15(2)7-8-18(17)20-3/h7-8,12,14,16,19H,4-6,9-11,13H2,1-3H3. The lowest BCUT2D eigenvalue weighted by molar-refractivity contribution is 0.267. The van der Waals surface area contributed by atoms with Gasteiger partial charge in [-0.15, -0.1) is 0 Å². The van der Waals surface area contributed by atoms with Crippen molar-refractivity contribution in [2.24, 2.45) is 11.8 Å². The van der Waals surface area contributed by atoms with Gasteiger partial charge in [-0.1, -0.05) is 43.9 Å². The van der Waals surface area contributed by atoms with Crippen LogP contribution in [0, 0.1) is 18.8 Å². The maximum atomic E-state index is 5.42. The molecule has 0 bridgehead atoms. The summed E-state index contributed by atoms with van der Waals surface area (Å²) < 4.78 is 5.42. The fourth-order valence-electron chi connectivity index (χ4n) is 3.40. The molecular weight excluding hydrogens is 246 g/mol. The van der Waals surface area contributed by atoms with Gasteiger partial charge in [0.1, 0.15) is 5.75 Å². The van der Waals surface area contributed by atoms with Gasteiger partial charge < -0.3 is 10.1 Å². The van der Waals surface area contributed by atoms with Gasteiger partial charge in [-0.05, 0) is 44.2 Å². The largest absolute Gasteiger partial charge is 0.496 e. The molecule has 1 fully saturated rings. The molecule has 0 heterocycles. The molecule has 2 atom stereocenters. The minimum absolute atomic E-state index is 0.910. The van der Waals surface area contributed by atoms with Gasteiger partial charge in [0.15, 0.2) is 0 Å². The molecule has 2 nitrogen and oxygen atoms in total. The molecule has 0 radical (unpaired) electrons. The number of aryl methyl sites for hydroxylation is 1. The Morgan fingerprint density at radius 3 is 2.90 bits per heavy atom. The summed E-state index contributed by atoms with van der Waals surface area (Å²) in [5.41, 5.74) is 2.56. The lowest BCUT2D eigenvalue weighted by atomic mass is 9.81. The van der Waals surface area contributed by atoms with Crippen molar-refractivity contribution in [3.8, 4) is 5.75 Å². The molecule has 1 N–H and O–H groups in total. The number of ether oxygens (including phenoxy) is 1. The van der Waals surface area contributed by atoms with Crippen molar-refractivity contribution < 1.29 is 4.74 Å². The van der Waals surface area contributed by atoms with Crippen LogP contribution in [0.5, 0.6) is 5.75 Å². The first kappa shape index (κ1) is 15.4. The van der Waals surface area contributed by atoms with Gasteiger partial charge in [-0.25, -0.2) is 0 Å². The van der Waals surface area contributed by atoms with Gasteiger partial charge in [-0.3, -0.25) is 0 Å². The third-order valence-electron chi connectivity index (χ3n) is 4.53. The van der Waals surface area contributed by atoms with Crippen molar-refractivity contribution >= 4 is 0 Å². The highest BCUT2D eigenvalue weighted by Gasteiger charge is 2.18. The Morgan fingerprint density at radius 2 is 2.15 bits per heavy atom. The van der Waals surface area contributed by atoms with E-state index in [1.54, 1.807) is 7.11 Å². The van der Waals surface area contributed by atoms with E-state index in [0.717, 1.165) is 30.7 Å². The van der Waals surface area contributed by atoms with E-state index >= 15 is 0 Å². The summed E-state index contributed by atoms with van der Waals surface area (Å²) in [7, 11) is 1.75. The summed E-state index contributed by atoms with van der Waals surface area (Å²) in [4.78, 5) is 0. The van der Waals surface area contributed by atoms with E-state index in [4.69, 9.17) is 4.74 Å². The fraction of sp³-hybridized carbons (Fsp3) is 0.667. The molecule has 2 rings (SSSR count). The highest BCUT2D eigenvalue weighted by atomic mass is 16.5. The Balaban J connectivity index is 1.74. The molecule has 2 heteroatoms. The predicted octanol–water partition coefficient (Wildman–Crippen LogP) is 4.31. The lowest BCUT2D eigenvalue weighted by Gasteiger charge is -2.26. The van der Waals surface area contributed by atoms with Crippen molar-refractivity contribution in [3.05, 3.63) is 29.3 Å². The highest BCUT2D eigenvalue weighted by molar-refractivity contribution is 5.36. The first-order valence-electron chi connectivity index (χ1n) is 8.03. The molecule has 1 saturated carbocycles. The zero-order valence-electron chi connectivity index (χ0n) is 13.2. The lowest BCUT2D eigenvalue weighted by Crippen LogP contribution is -2.21. The second-order valence-corrected chi connectivity index (χ2v) is 6.42. The third-order valence-corrected chi connectivity index (χ3v) is 4.53.